The average molecular weight is 391 g/mol. The second-order valence-corrected chi connectivity index (χ2v) is 6.45. The second-order valence-electron chi connectivity index (χ2n) is 5.60. The van der Waals surface area contributed by atoms with E-state index in [9.17, 15) is 14.7 Å². The molecule has 0 aliphatic heterocycles. The van der Waals surface area contributed by atoms with E-state index in [1.54, 1.807) is 24.3 Å². The first-order chi connectivity index (χ1) is 11.3. The van der Waals surface area contributed by atoms with Crippen molar-refractivity contribution in [3.8, 4) is 22.6 Å². The van der Waals surface area contributed by atoms with Gasteiger partial charge in [0.2, 0.25) is 0 Å². The zero-order valence-corrected chi connectivity index (χ0v) is 14.7. The standard InChI is InChI=1S/C18H15BrO5/c1-9(20)23-12-3-4-14-15(7-12)17(22)6-11-5-13(24-10(2)21)8-16(19)18(11)14/h3-5,7-8,17,22H,6H2,1-2H3. The van der Waals surface area contributed by atoms with Gasteiger partial charge in [0.25, 0.3) is 0 Å². The minimum Gasteiger partial charge on any atom is -0.427 e. The van der Waals surface area contributed by atoms with Crippen LogP contribution in [0.1, 0.15) is 31.1 Å². The predicted octanol–water partition coefficient (Wildman–Crippen LogP) is 3.56. The molecule has 0 heterocycles. The zero-order chi connectivity index (χ0) is 17.4. The van der Waals surface area contributed by atoms with Crippen molar-refractivity contribution in [3.05, 3.63) is 45.9 Å². The number of aliphatic hydroxyl groups excluding tert-OH is 1. The molecule has 1 aliphatic carbocycles. The lowest BCUT2D eigenvalue weighted by Gasteiger charge is -2.26. The van der Waals surface area contributed by atoms with Crippen LogP contribution in [-0.4, -0.2) is 17.0 Å². The van der Waals surface area contributed by atoms with Gasteiger partial charge in [-0.05, 0) is 46.5 Å². The van der Waals surface area contributed by atoms with Crippen LogP contribution >= 0.6 is 15.9 Å². The fourth-order valence-corrected chi connectivity index (χ4v) is 3.61. The van der Waals surface area contributed by atoms with Crippen LogP contribution in [0.4, 0.5) is 0 Å². The number of esters is 2. The normalized spacial score (nSPS) is 15.2. The third kappa shape index (κ3) is 3.20. The summed E-state index contributed by atoms with van der Waals surface area (Å²) < 4.78 is 11.0. The summed E-state index contributed by atoms with van der Waals surface area (Å²) >= 11 is 3.51. The van der Waals surface area contributed by atoms with E-state index in [2.05, 4.69) is 15.9 Å². The fraction of sp³-hybridized carbons (Fsp3) is 0.222. The first-order valence-electron chi connectivity index (χ1n) is 7.37. The van der Waals surface area contributed by atoms with Crippen LogP contribution in [0.5, 0.6) is 11.5 Å². The van der Waals surface area contributed by atoms with Gasteiger partial charge in [0.05, 0.1) is 6.10 Å². The van der Waals surface area contributed by atoms with Gasteiger partial charge in [-0.3, -0.25) is 9.59 Å². The first kappa shape index (κ1) is 16.7. The van der Waals surface area contributed by atoms with Crippen molar-refractivity contribution in [1.82, 2.24) is 0 Å². The summed E-state index contributed by atoms with van der Waals surface area (Å²) in [6.45, 7) is 2.67. The predicted molar refractivity (Wildman–Crippen MR) is 90.9 cm³/mol. The van der Waals surface area contributed by atoms with E-state index in [0.29, 0.717) is 23.5 Å². The highest BCUT2D eigenvalue weighted by Crippen LogP contribution is 2.45. The average Bonchev–Trinajstić information content (AvgIpc) is 2.46. The summed E-state index contributed by atoms with van der Waals surface area (Å²) in [5, 5.41) is 10.5. The smallest absolute Gasteiger partial charge is 0.308 e. The van der Waals surface area contributed by atoms with Gasteiger partial charge in [-0.15, -0.1) is 0 Å². The minimum absolute atomic E-state index is 0.375. The Morgan fingerprint density at radius 3 is 2.42 bits per heavy atom. The molecule has 0 aromatic heterocycles. The molecule has 124 valence electrons. The van der Waals surface area contributed by atoms with Crippen molar-refractivity contribution in [2.24, 2.45) is 0 Å². The van der Waals surface area contributed by atoms with E-state index in [-0.39, 0.29) is 0 Å². The Kier molecular flexibility index (Phi) is 4.43. The number of fused-ring (bicyclic) bond motifs is 3. The van der Waals surface area contributed by atoms with Gasteiger partial charge in [0.15, 0.2) is 0 Å². The lowest BCUT2D eigenvalue weighted by Crippen LogP contribution is -2.13. The lowest BCUT2D eigenvalue weighted by atomic mass is 9.83. The summed E-state index contributed by atoms with van der Waals surface area (Å²) in [6, 6.07) is 8.66. The van der Waals surface area contributed by atoms with Crippen LogP contribution in [0.3, 0.4) is 0 Å². The number of halogens is 1. The molecular weight excluding hydrogens is 376 g/mol. The Hall–Kier alpha value is -2.18. The number of aliphatic hydroxyl groups is 1. The highest BCUT2D eigenvalue weighted by Gasteiger charge is 2.26. The van der Waals surface area contributed by atoms with Crippen LogP contribution in [0.25, 0.3) is 11.1 Å². The molecule has 0 saturated carbocycles. The van der Waals surface area contributed by atoms with Gasteiger partial charge in [0, 0.05) is 24.7 Å². The number of benzene rings is 2. The van der Waals surface area contributed by atoms with Gasteiger partial charge in [-0.1, -0.05) is 22.0 Å². The number of rotatable bonds is 2. The van der Waals surface area contributed by atoms with E-state index in [1.807, 2.05) is 6.07 Å². The SMILES string of the molecule is CC(=O)Oc1cc(Br)c2c(c1)CC(O)c1cc(OC(C)=O)ccc1-2. The maximum absolute atomic E-state index is 11.2. The molecule has 2 aromatic rings. The minimum atomic E-state index is -0.734. The van der Waals surface area contributed by atoms with Crippen LogP contribution < -0.4 is 9.47 Å². The topological polar surface area (TPSA) is 72.8 Å². The maximum Gasteiger partial charge on any atom is 0.308 e. The van der Waals surface area contributed by atoms with Crippen molar-refractivity contribution in [2.75, 3.05) is 0 Å². The van der Waals surface area contributed by atoms with Gasteiger partial charge in [0.1, 0.15) is 11.5 Å². The molecule has 1 atom stereocenters. The molecule has 1 unspecified atom stereocenters. The van der Waals surface area contributed by atoms with Crippen molar-refractivity contribution < 1.29 is 24.2 Å². The van der Waals surface area contributed by atoms with Crippen molar-refractivity contribution in [3.63, 3.8) is 0 Å². The third-order valence-electron chi connectivity index (χ3n) is 3.73. The van der Waals surface area contributed by atoms with E-state index in [0.717, 1.165) is 21.2 Å². The Morgan fingerprint density at radius 2 is 1.75 bits per heavy atom. The summed E-state index contributed by atoms with van der Waals surface area (Å²) in [6.07, 6.45) is -0.359. The number of ether oxygens (including phenoxy) is 2. The molecule has 24 heavy (non-hydrogen) atoms. The molecule has 2 aromatic carbocycles. The second kappa shape index (κ2) is 6.37. The van der Waals surface area contributed by atoms with Crippen molar-refractivity contribution >= 4 is 27.9 Å². The highest BCUT2D eigenvalue weighted by molar-refractivity contribution is 9.10. The molecule has 0 amide bonds. The molecule has 1 aliphatic rings. The van der Waals surface area contributed by atoms with Crippen molar-refractivity contribution in [2.45, 2.75) is 26.4 Å². The third-order valence-corrected chi connectivity index (χ3v) is 4.36. The molecule has 0 saturated heterocycles. The molecule has 3 rings (SSSR count). The van der Waals surface area contributed by atoms with Crippen LogP contribution in [0.15, 0.2) is 34.8 Å². The molecule has 0 bridgehead atoms. The van der Waals surface area contributed by atoms with E-state index in [1.165, 1.54) is 13.8 Å². The summed E-state index contributed by atoms with van der Waals surface area (Å²) in [4.78, 5) is 22.3. The number of carbonyl (C=O) groups excluding carboxylic acids is 2. The lowest BCUT2D eigenvalue weighted by molar-refractivity contribution is -0.132. The quantitative estimate of drug-likeness (QED) is 0.626. The molecule has 0 spiro atoms. The highest BCUT2D eigenvalue weighted by atomic mass is 79.9. The molecule has 1 N–H and O–H groups in total. The van der Waals surface area contributed by atoms with Crippen LogP contribution in [0, 0.1) is 0 Å². The molecule has 6 heteroatoms. The van der Waals surface area contributed by atoms with E-state index >= 15 is 0 Å². The Balaban J connectivity index is 2.09. The van der Waals surface area contributed by atoms with Gasteiger partial charge >= 0.3 is 11.9 Å². The van der Waals surface area contributed by atoms with E-state index < -0.39 is 18.0 Å². The van der Waals surface area contributed by atoms with Gasteiger partial charge < -0.3 is 14.6 Å². The zero-order valence-electron chi connectivity index (χ0n) is 13.1. The molecule has 0 fully saturated rings. The summed E-state index contributed by atoms with van der Waals surface area (Å²) in [5.41, 5.74) is 3.35. The molecular formula is C18H15BrO5. The fourth-order valence-electron chi connectivity index (χ4n) is 2.92. The van der Waals surface area contributed by atoms with Crippen LogP contribution in [-0.2, 0) is 16.0 Å². The Labute approximate surface area is 147 Å². The van der Waals surface area contributed by atoms with Gasteiger partial charge in [-0.25, -0.2) is 0 Å². The number of hydrogen-bond donors (Lipinski definition) is 1. The summed E-state index contributed by atoms with van der Waals surface area (Å²) in [5.74, 6) is 0.0224. The largest absolute Gasteiger partial charge is 0.427 e. The van der Waals surface area contributed by atoms with Crippen LogP contribution in [0.2, 0.25) is 0 Å². The van der Waals surface area contributed by atoms with Gasteiger partial charge in [-0.2, -0.15) is 0 Å². The van der Waals surface area contributed by atoms with Crippen molar-refractivity contribution in [1.29, 1.82) is 0 Å². The number of carbonyl (C=O) groups is 2. The Bertz CT molecular complexity index is 844. The van der Waals surface area contributed by atoms with E-state index in [4.69, 9.17) is 9.47 Å². The molecule has 0 radical (unpaired) electrons. The molecule has 5 nitrogen and oxygen atoms in total. The maximum atomic E-state index is 11.2. The summed E-state index contributed by atoms with van der Waals surface area (Å²) in [7, 11) is 0. The monoisotopic (exact) mass is 390 g/mol. The first-order valence-corrected chi connectivity index (χ1v) is 8.16. The number of hydrogen-bond acceptors (Lipinski definition) is 5. The Morgan fingerprint density at radius 1 is 1.08 bits per heavy atom.